The molecule has 0 atom stereocenters. The predicted octanol–water partition coefficient (Wildman–Crippen LogP) is 3.59. The molecule has 1 amide bonds. The Kier molecular flexibility index (Phi) is 6.28. The molecule has 0 radical (unpaired) electrons. The number of nitrogens with one attached hydrogen (secondary N) is 1. The van der Waals surface area contributed by atoms with Crippen molar-refractivity contribution in [2.24, 2.45) is 0 Å². The van der Waals surface area contributed by atoms with E-state index < -0.39 is 0 Å². The lowest BCUT2D eigenvalue weighted by Crippen LogP contribution is -2.17. The van der Waals surface area contributed by atoms with Gasteiger partial charge in [-0.25, -0.2) is 4.98 Å². The number of anilines is 1. The highest BCUT2D eigenvalue weighted by Gasteiger charge is 2.10. The maximum absolute atomic E-state index is 12.2. The smallest absolute Gasteiger partial charge is 0.275 e. The molecule has 142 valence electrons. The van der Waals surface area contributed by atoms with Crippen LogP contribution in [0.4, 0.5) is 5.69 Å². The maximum atomic E-state index is 12.2. The summed E-state index contributed by atoms with van der Waals surface area (Å²) in [4.78, 5) is 29.5. The summed E-state index contributed by atoms with van der Waals surface area (Å²) in [7, 11) is 0. The van der Waals surface area contributed by atoms with Crippen molar-refractivity contribution < 1.29 is 4.79 Å². The zero-order valence-electron chi connectivity index (χ0n) is 15.6. The Bertz CT molecular complexity index is 1030. The second-order valence-corrected chi connectivity index (χ2v) is 8.34. The number of rotatable bonds is 7. The van der Waals surface area contributed by atoms with Crippen LogP contribution in [0.15, 0.2) is 29.1 Å². The molecule has 0 saturated heterocycles. The molecule has 0 fully saturated rings. The Hall–Kier alpha value is -2.19. The first kappa shape index (κ1) is 19.6. The Labute approximate surface area is 166 Å². The lowest BCUT2D eigenvalue weighted by molar-refractivity contribution is -0.113. The molecule has 1 aromatic carbocycles. The van der Waals surface area contributed by atoms with Crippen LogP contribution >= 0.6 is 23.1 Å². The van der Waals surface area contributed by atoms with Gasteiger partial charge in [-0.05, 0) is 37.5 Å². The first-order valence-corrected chi connectivity index (χ1v) is 10.8. The van der Waals surface area contributed by atoms with Gasteiger partial charge in [0.05, 0.1) is 11.4 Å². The number of carbonyl (C=O) groups is 1. The SMILES string of the molecule is CCCc1nn2c(=O)cc(CSCC(=O)Nc3cccc(C)c3C)nc2s1. The molecular weight excluding hydrogens is 380 g/mol. The number of hydrogen-bond donors (Lipinski definition) is 1. The van der Waals surface area contributed by atoms with E-state index in [4.69, 9.17) is 0 Å². The molecule has 6 nitrogen and oxygen atoms in total. The highest BCUT2D eigenvalue weighted by molar-refractivity contribution is 7.99. The number of carbonyl (C=O) groups excluding carboxylic acids is 1. The number of aromatic nitrogens is 3. The van der Waals surface area contributed by atoms with Crippen molar-refractivity contribution in [2.75, 3.05) is 11.1 Å². The highest BCUT2D eigenvalue weighted by atomic mass is 32.2. The number of hydrogen-bond acceptors (Lipinski definition) is 6. The van der Waals surface area contributed by atoms with Crippen LogP contribution in [0.5, 0.6) is 0 Å². The molecule has 27 heavy (non-hydrogen) atoms. The number of amides is 1. The average molecular weight is 403 g/mol. The monoisotopic (exact) mass is 402 g/mol. The fraction of sp³-hybridized carbons (Fsp3) is 0.368. The quantitative estimate of drug-likeness (QED) is 0.653. The zero-order valence-corrected chi connectivity index (χ0v) is 17.2. The second-order valence-electron chi connectivity index (χ2n) is 6.31. The van der Waals surface area contributed by atoms with Crippen molar-refractivity contribution in [2.45, 2.75) is 39.4 Å². The van der Waals surface area contributed by atoms with Crippen molar-refractivity contribution in [1.29, 1.82) is 0 Å². The molecule has 1 N–H and O–H groups in total. The van der Waals surface area contributed by atoms with Gasteiger partial charge >= 0.3 is 0 Å². The zero-order chi connectivity index (χ0) is 19.4. The average Bonchev–Trinajstić information content (AvgIpc) is 3.02. The first-order valence-electron chi connectivity index (χ1n) is 8.80. The second kappa shape index (κ2) is 8.67. The summed E-state index contributed by atoms with van der Waals surface area (Å²) in [6.45, 7) is 6.09. The molecule has 3 aromatic rings. The van der Waals surface area contributed by atoms with Gasteiger partial charge in [-0.3, -0.25) is 9.59 Å². The molecule has 8 heteroatoms. The van der Waals surface area contributed by atoms with Crippen LogP contribution in [0.2, 0.25) is 0 Å². The van der Waals surface area contributed by atoms with Gasteiger partial charge in [0.15, 0.2) is 0 Å². The van der Waals surface area contributed by atoms with E-state index in [1.807, 2.05) is 32.0 Å². The maximum Gasteiger partial charge on any atom is 0.275 e. The molecule has 0 aliphatic heterocycles. The van der Waals surface area contributed by atoms with E-state index in [0.29, 0.717) is 22.2 Å². The van der Waals surface area contributed by atoms with Gasteiger partial charge in [-0.1, -0.05) is 30.4 Å². The van der Waals surface area contributed by atoms with Gasteiger partial charge in [0.1, 0.15) is 5.01 Å². The molecule has 0 spiro atoms. The van der Waals surface area contributed by atoms with Crippen molar-refractivity contribution in [3.63, 3.8) is 0 Å². The van der Waals surface area contributed by atoms with Gasteiger partial charge in [0, 0.05) is 23.9 Å². The first-order chi connectivity index (χ1) is 13.0. The summed E-state index contributed by atoms with van der Waals surface area (Å²) in [6.07, 6.45) is 1.82. The number of benzene rings is 1. The van der Waals surface area contributed by atoms with Gasteiger partial charge in [0.2, 0.25) is 10.9 Å². The fourth-order valence-electron chi connectivity index (χ4n) is 2.61. The third-order valence-electron chi connectivity index (χ3n) is 4.17. The summed E-state index contributed by atoms with van der Waals surface area (Å²) >= 11 is 2.89. The highest BCUT2D eigenvalue weighted by Crippen LogP contribution is 2.19. The number of nitrogens with zero attached hydrogens (tertiary/aromatic N) is 3. The predicted molar refractivity (Wildman–Crippen MR) is 112 cm³/mol. The molecule has 0 aliphatic rings. The van der Waals surface area contributed by atoms with Crippen LogP contribution < -0.4 is 10.9 Å². The van der Waals surface area contributed by atoms with Crippen LogP contribution in [-0.4, -0.2) is 26.3 Å². The van der Waals surface area contributed by atoms with E-state index in [1.165, 1.54) is 33.7 Å². The largest absolute Gasteiger partial charge is 0.325 e. The van der Waals surface area contributed by atoms with Crippen LogP contribution in [0.25, 0.3) is 4.96 Å². The van der Waals surface area contributed by atoms with Crippen LogP contribution in [0.3, 0.4) is 0 Å². The van der Waals surface area contributed by atoms with Crippen molar-refractivity contribution in [3.05, 3.63) is 56.4 Å². The molecule has 0 aliphatic carbocycles. The van der Waals surface area contributed by atoms with Crippen LogP contribution in [0.1, 0.15) is 35.2 Å². The third-order valence-corrected chi connectivity index (χ3v) is 6.10. The van der Waals surface area contributed by atoms with Crippen molar-refractivity contribution >= 4 is 39.7 Å². The normalized spacial score (nSPS) is 11.1. The van der Waals surface area contributed by atoms with Crippen LogP contribution in [0, 0.1) is 13.8 Å². The van der Waals surface area contributed by atoms with Gasteiger partial charge < -0.3 is 5.32 Å². The minimum Gasteiger partial charge on any atom is -0.325 e. The van der Waals surface area contributed by atoms with E-state index in [1.54, 1.807) is 0 Å². The summed E-state index contributed by atoms with van der Waals surface area (Å²) in [5.74, 6) is 0.750. The molecule has 0 bridgehead atoms. The molecular formula is C19H22N4O2S2. The van der Waals surface area contributed by atoms with E-state index in [0.717, 1.165) is 34.7 Å². The minimum absolute atomic E-state index is 0.0606. The van der Waals surface area contributed by atoms with E-state index >= 15 is 0 Å². The number of aryl methyl sites for hydroxylation is 2. The Balaban J connectivity index is 1.60. The standard InChI is InChI=1S/C19H22N4O2S2/c1-4-6-17-22-23-18(25)9-14(20-19(23)27-17)10-26-11-16(24)21-15-8-5-7-12(2)13(15)3/h5,7-9H,4,6,10-11H2,1-3H3,(H,21,24). The molecule has 2 heterocycles. The van der Waals surface area contributed by atoms with Crippen LogP contribution in [-0.2, 0) is 17.0 Å². The Morgan fingerprint density at radius 2 is 2.15 bits per heavy atom. The summed E-state index contributed by atoms with van der Waals surface area (Å²) in [6, 6.07) is 7.35. The number of thioether (sulfide) groups is 1. The molecule has 3 rings (SSSR count). The Morgan fingerprint density at radius 3 is 2.93 bits per heavy atom. The topological polar surface area (TPSA) is 76.4 Å². The lowest BCUT2D eigenvalue weighted by Gasteiger charge is -2.10. The van der Waals surface area contributed by atoms with E-state index in [9.17, 15) is 9.59 Å². The Morgan fingerprint density at radius 1 is 1.33 bits per heavy atom. The minimum atomic E-state index is -0.172. The molecule has 0 unspecified atom stereocenters. The fourth-order valence-corrected chi connectivity index (χ4v) is 4.34. The van der Waals surface area contributed by atoms with Gasteiger partial charge in [0.25, 0.3) is 5.56 Å². The summed E-state index contributed by atoms with van der Waals surface area (Å²) in [5.41, 5.74) is 3.56. The van der Waals surface area contributed by atoms with Gasteiger partial charge in [-0.2, -0.15) is 9.61 Å². The van der Waals surface area contributed by atoms with E-state index in [2.05, 4.69) is 22.3 Å². The van der Waals surface area contributed by atoms with Crippen molar-refractivity contribution in [3.8, 4) is 0 Å². The lowest BCUT2D eigenvalue weighted by atomic mass is 10.1. The third kappa shape index (κ3) is 4.75. The van der Waals surface area contributed by atoms with Gasteiger partial charge in [-0.15, -0.1) is 11.8 Å². The number of fused-ring (bicyclic) bond motifs is 1. The van der Waals surface area contributed by atoms with Crippen molar-refractivity contribution in [1.82, 2.24) is 14.6 Å². The summed E-state index contributed by atoms with van der Waals surface area (Å²) < 4.78 is 1.36. The van der Waals surface area contributed by atoms with E-state index in [-0.39, 0.29) is 11.5 Å². The summed E-state index contributed by atoms with van der Waals surface area (Å²) in [5, 5.41) is 8.16. The molecule has 0 saturated carbocycles. The molecule has 2 aromatic heterocycles.